The van der Waals surface area contributed by atoms with Crippen molar-refractivity contribution in [1.29, 1.82) is 0 Å². The highest BCUT2D eigenvalue weighted by Crippen LogP contribution is 2.46. The smallest absolute Gasteiger partial charge is 0.304 e. The molecule has 2 heterocycles. The molecular formula is C28H28N2O3. The average molecular weight is 441 g/mol. The van der Waals surface area contributed by atoms with Crippen LogP contribution in [-0.2, 0) is 26.3 Å². The fraction of sp³-hybridized carbons (Fsp3) is 0.357. The Morgan fingerprint density at radius 2 is 1.73 bits per heavy atom. The number of esters is 1. The molecule has 2 unspecified atom stereocenters. The number of ether oxygens (including phenoxy) is 1. The molecule has 1 aliphatic carbocycles. The van der Waals surface area contributed by atoms with Crippen LogP contribution in [0, 0.1) is 0 Å². The molecule has 0 bridgehead atoms. The number of amides is 1. The molecule has 1 fully saturated rings. The van der Waals surface area contributed by atoms with Crippen molar-refractivity contribution in [1.82, 2.24) is 4.90 Å². The number of carbonyl (C=O) groups excluding carboxylic acids is 2. The van der Waals surface area contributed by atoms with E-state index in [1.54, 1.807) is 6.92 Å². The number of para-hydroxylation sites is 1. The molecule has 1 saturated heterocycles. The molecule has 2 aliphatic heterocycles. The van der Waals surface area contributed by atoms with Gasteiger partial charge < -0.3 is 9.64 Å². The summed E-state index contributed by atoms with van der Waals surface area (Å²) < 4.78 is 5.59. The summed E-state index contributed by atoms with van der Waals surface area (Å²) >= 11 is 0. The van der Waals surface area contributed by atoms with Crippen LogP contribution in [0.1, 0.15) is 49.4 Å². The molecule has 1 amide bonds. The maximum atomic E-state index is 13.6. The number of carbonyl (C=O) groups is 2. The van der Waals surface area contributed by atoms with E-state index in [0.29, 0.717) is 6.04 Å². The fourth-order valence-electron chi connectivity index (χ4n) is 6.29. The van der Waals surface area contributed by atoms with Gasteiger partial charge in [0.25, 0.3) is 5.91 Å². The van der Waals surface area contributed by atoms with Gasteiger partial charge >= 0.3 is 5.97 Å². The van der Waals surface area contributed by atoms with Crippen molar-refractivity contribution in [2.75, 3.05) is 18.0 Å². The first-order valence-electron chi connectivity index (χ1n) is 11.8. The molecule has 0 N–H and O–H groups in total. The van der Waals surface area contributed by atoms with E-state index >= 15 is 0 Å². The van der Waals surface area contributed by atoms with Gasteiger partial charge in [0.15, 0.2) is 0 Å². The third-order valence-corrected chi connectivity index (χ3v) is 7.75. The minimum Gasteiger partial charge on any atom is -0.444 e. The Morgan fingerprint density at radius 3 is 2.48 bits per heavy atom. The molecule has 33 heavy (non-hydrogen) atoms. The summed E-state index contributed by atoms with van der Waals surface area (Å²) in [7, 11) is 0. The van der Waals surface area contributed by atoms with Gasteiger partial charge in [-0.05, 0) is 54.2 Å². The van der Waals surface area contributed by atoms with E-state index in [2.05, 4.69) is 41.3 Å². The summed E-state index contributed by atoms with van der Waals surface area (Å²) in [6, 6.07) is 21.5. The summed E-state index contributed by atoms with van der Waals surface area (Å²) in [6.45, 7) is 4.97. The number of benzene rings is 3. The monoisotopic (exact) mass is 440 g/mol. The highest BCUT2D eigenvalue weighted by Gasteiger charge is 2.52. The first-order valence-corrected chi connectivity index (χ1v) is 11.8. The number of hydrogen-bond acceptors (Lipinski definition) is 4. The zero-order chi connectivity index (χ0) is 22.7. The van der Waals surface area contributed by atoms with E-state index in [9.17, 15) is 9.59 Å². The summed E-state index contributed by atoms with van der Waals surface area (Å²) in [5, 5.41) is 2.75. The maximum Gasteiger partial charge on any atom is 0.304 e. The molecule has 168 valence electrons. The number of likely N-dealkylation sites (tertiary alicyclic amines) is 1. The van der Waals surface area contributed by atoms with Gasteiger partial charge in [-0.15, -0.1) is 0 Å². The quantitative estimate of drug-likeness (QED) is 0.553. The van der Waals surface area contributed by atoms with Crippen LogP contribution in [0.3, 0.4) is 0 Å². The number of anilines is 1. The number of rotatable bonds is 3. The third-order valence-electron chi connectivity index (χ3n) is 7.75. The molecule has 5 nitrogen and oxygen atoms in total. The van der Waals surface area contributed by atoms with Crippen LogP contribution in [0.2, 0.25) is 0 Å². The standard InChI is InChI=1S/C28H28N2O3/c1-18(31)33-28(2)23-11-3-4-12-24(23)30(27(28)32)21-13-15-29(16-14-21)25-17-20-9-5-7-19-8-6-10-22(25)26(19)20/h3-12,21,25H,13-17H2,1-2H3. The van der Waals surface area contributed by atoms with Crippen molar-refractivity contribution in [3.63, 3.8) is 0 Å². The second-order valence-corrected chi connectivity index (χ2v) is 9.67. The van der Waals surface area contributed by atoms with Crippen LogP contribution in [0.25, 0.3) is 10.8 Å². The lowest BCUT2D eigenvalue weighted by molar-refractivity contribution is -0.163. The molecular weight excluding hydrogens is 412 g/mol. The largest absolute Gasteiger partial charge is 0.444 e. The molecule has 5 heteroatoms. The van der Waals surface area contributed by atoms with Crippen molar-refractivity contribution in [2.24, 2.45) is 0 Å². The summed E-state index contributed by atoms with van der Waals surface area (Å²) in [5.74, 6) is -0.567. The highest BCUT2D eigenvalue weighted by atomic mass is 16.6. The first-order chi connectivity index (χ1) is 16.0. The molecule has 0 saturated carbocycles. The molecule has 3 aliphatic rings. The second-order valence-electron chi connectivity index (χ2n) is 9.67. The zero-order valence-corrected chi connectivity index (χ0v) is 19.1. The Morgan fingerprint density at radius 1 is 1.00 bits per heavy atom. The molecule has 3 aromatic carbocycles. The van der Waals surface area contributed by atoms with Gasteiger partial charge in [-0.25, -0.2) is 0 Å². The average Bonchev–Trinajstić information content (AvgIpc) is 3.29. The Bertz CT molecular complexity index is 1270. The van der Waals surface area contributed by atoms with E-state index in [0.717, 1.165) is 43.6 Å². The van der Waals surface area contributed by atoms with Crippen LogP contribution >= 0.6 is 0 Å². The second kappa shape index (κ2) is 7.42. The number of hydrogen-bond donors (Lipinski definition) is 0. The fourth-order valence-corrected chi connectivity index (χ4v) is 6.29. The van der Waals surface area contributed by atoms with Gasteiger partial charge in [-0.2, -0.15) is 0 Å². The first kappa shape index (κ1) is 20.4. The van der Waals surface area contributed by atoms with Crippen molar-refractivity contribution in [3.8, 4) is 0 Å². The van der Waals surface area contributed by atoms with Gasteiger partial charge in [0.2, 0.25) is 5.60 Å². The van der Waals surface area contributed by atoms with Crippen LogP contribution < -0.4 is 4.90 Å². The zero-order valence-electron chi connectivity index (χ0n) is 19.1. The highest BCUT2D eigenvalue weighted by molar-refractivity contribution is 6.08. The lowest BCUT2D eigenvalue weighted by atomic mass is 9.97. The molecule has 3 aromatic rings. The van der Waals surface area contributed by atoms with Crippen LogP contribution in [-0.4, -0.2) is 35.9 Å². The summed E-state index contributed by atoms with van der Waals surface area (Å²) in [5.41, 5.74) is 3.29. The van der Waals surface area contributed by atoms with Gasteiger partial charge in [0.1, 0.15) is 0 Å². The summed E-state index contributed by atoms with van der Waals surface area (Å²) in [4.78, 5) is 29.9. The van der Waals surface area contributed by atoms with Crippen molar-refractivity contribution in [3.05, 3.63) is 77.4 Å². The lowest BCUT2D eigenvalue weighted by Gasteiger charge is -2.40. The topological polar surface area (TPSA) is 49.9 Å². The predicted molar refractivity (Wildman–Crippen MR) is 128 cm³/mol. The minimum absolute atomic E-state index is 0.104. The normalized spacial score (nSPS) is 25.0. The Hall–Kier alpha value is -3.18. The predicted octanol–water partition coefficient (Wildman–Crippen LogP) is 4.73. The number of nitrogens with zero attached hydrogens (tertiary/aromatic N) is 2. The van der Waals surface area contributed by atoms with Gasteiger partial charge in [0, 0.05) is 37.7 Å². The molecule has 0 radical (unpaired) electrons. The van der Waals surface area contributed by atoms with E-state index in [1.807, 2.05) is 29.2 Å². The Labute approximate surface area is 193 Å². The van der Waals surface area contributed by atoms with E-state index in [4.69, 9.17) is 4.74 Å². The van der Waals surface area contributed by atoms with E-state index in [-0.39, 0.29) is 11.9 Å². The van der Waals surface area contributed by atoms with Gasteiger partial charge in [-0.3, -0.25) is 14.5 Å². The maximum absolute atomic E-state index is 13.6. The van der Waals surface area contributed by atoms with Crippen molar-refractivity contribution >= 4 is 28.3 Å². The molecule has 2 atom stereocenters. The third kappa shape index (κ3) is 3.02. The van der Waals surface area contributed by atoms with E-state index in [1.165, 1.54) is 28.8 Å². The van der Waals surface area contributed by atoms with Crippen molar-refractivity contribution in [2.45, 2.75) is 50.8 Å². The summed E-state index contributed by atoms with van der Waals surface area (Å²) in [6.07, 6.45) is 2.86. The number of piperidine rings is 1. The Kier molecular flexibility index (Phi) is 4.59. The van der Waals surface area contributed by atoms with Gasteiger partial charge in [-0.1, -0.05) is 54.6 Å². The van der Waals surface area contributed by atoms with E-state index < -0.39 is 11.6 Å². The van der Waals surface area contributed by atoms with Gasteiger partial charge in [0.05, 0.1) is 5.69 Å². The lowest BCUT2D eigenvalue weighted by Crippen LogP contribution is -2.50. The molecule has 0 aromatic heterocycles. The molecule has 6 rings (SSSR count). The molecule has 0 spiro atoms. The minimum atomic E-state index is -1.25. The van der Waals surface area contributed by atoms with Crippen molar-refractivity contribution < 1.29 is 14.3 Å². The Balaban J connectivity index is 1.24. The number of fused-ring (bicyclic) bond motifs is 1. The SMILES string of the molecule is CC(=O)OC1(C)C(=O)N(C2CCN(C3Cc4cccc5cccc3c45)CC2)c2ccccc21. The van der Waals surface area contributed by atoms with Crippen LogP contribution in [0.5, 0.6) is 0 Å². The van der Waals surface area contributed by atoms with Crippen LogP contribution in [0.4, 0.5) is 5.69 Å². The van der Waals surface area contributed by atoms with Crippen LogP contribution in [0.15, 0.2) is 60.7 Å².